The fraction of sp³-hybridized carbons (Fsp3) is 0.923. The van der Waals surface area contributed by atoms with Gasteiger partial charge in [-0.15, -0.1) is 11.8 Å². The molecule has 1 N–H and O–H groups in total. The minimum absolute atomic E-state index is 0.414. The Bertz CT molecular complexity index is 253. The van der Waals surface area contributed by atoms with Crippen LogP contribution >= 0.6 is 11.8 Å². The van der Waals surface area contributed by atoms with Crippen molar-refractivity contribution in [2.24, 2.45) is 5.92 Å². The van der Waals surface area contributed by atoms with Crippen LogP contribution in [0.5, 0.6) is 0 Å². The molecule has 0 heterocycles. The van der Waals surface area contributed by atoms with Crippen LogP contribution in [0.15, 0.2) is 0 Å². The van der Waals surface area contributed by atoms with Crippen molar-refractivity contribution in [1.29, 1.82) is 0 Å². The van der Waals surface area contributed by atoms with Crippen molar-refractivity contribution in [3.63, 3.8) is 0 Å². The van der Waals surface area contributed by atoms with E-state index in [9.17, 15) is 9.90 Å². The third-order valence-corrected chi connectivity index (χ3v) is 5.91. The van der Waals surface area contributed by atoms with E-state index < -0.39 is 10.7 Å². The molecular weight excluding hydrogens is 220 g/mol. The molecule has 92 valence electrons. The van der Waals surface area contributed by atoms with Crippen LogP contribution in [0.25, 0.3) is 0 Å². The smallest absolute Gasteiger partial charge is 0.319 e. The highest BCUT2D eigenvalue weighted by atomic mass is 32.2. The van der Waals surface area contributed by atoms with Crippen molar-refractivity contribution >= 4 is 17.7 Å². The van der Waals surface area contributed by atoms with E-state index >= 15 is 0 Å². The lowest BCUT2D eigenvalue weighted by atomic mass is 9.73. The molecule has 0 amide bonds. The maximum Gasteiger partial charge on any atom is 0.319 e. The minimum Gasteiger partial charge on any atom is -0.480 e. The van der Waals surface area contributed by atoms with Gasteiger partial charge in [-0.3, -0.25) is 4.79 Å². The number of aliphatic carboxylic acids is 1. The first-order valence-electron chi connectivity index (χ1n) is 6.57. The van der Waals surface area contributed by atoms with Gasteiger partial charge in [0.1, 0.15) is 4.75 Å². The zero-order chi connectivity index (χ0) is 11.6. The maximum absolute atomic E-state index is 11.4. The van der Waals surface area contributed by atoms with Gasteiger partial charge >= 0.3 is 5.97 Å². The summed E-state index contributed by atoms with van der Waals surface area (Å²) >= 11 is 1.78. The van der Waals surface area contributed by atoms with E-state index in [4.69, 9.17) is 0 Å². The molecule has 2 aliphatic rings. The highest BCUT2D eigenvalue weighted by Gasteiger charge is 2.51. The van der Waals surface area contributed by atoms with Crippen molar-refractivity contribution in [3.8, 4) is 0 Å². The Kier molecular flexibility index (Phi) is 3.83. The predicted octanol–water partition coefficient (Wildman–Crippen LogP) is 3.70. The van der Waals surface area contributed by atoms with E-state index in [0.717, 1.165) is 19.3 Å². The Morgan fingerprint density at radius 2 is 1.94 bits per heavy atom. The number of thioether (sulfide) groups is 1. The average Bonchev–Trinajstić information content (AvgIpc) is 2.23. The number of hydrogen-bond acceptors (Lipinski definition) is 2. The topological polar surface area (TPSA) is 37.3 Å². The van der Waals surface area contributed by atoms with E-state index in [1.807, 2.05) is 0 Å². The second kappa shape index (κ2) is 4.99. The number of rotatable bonds is 4. The normalized spacial score (nSPS) is 35.7. The van der Waals surface area contributed by atoms with Gasteiger partial charge in [0, 0.05) is 5.25 Å². The van der Waals surface area contributed by atoms with Crippen molar-refractivity contribution in [2.75, 3.05) is 0 Å². The van der Waals surface area contributed by atoms with E-state index in [2.05, 4.69) is 6.92 Å². The Morgan fingerprint density at radius 1 is 1.31 bits per heavy atom. The summed E-state index contributed by atoms with van der Waals surface area (Å²) in [5.41, 5.74) is 0. The highest BCUT2D eigenvalue weighted by Crippen LogP contribution is 2.52. The van der Waals surface area contributed by atoms with E-state index in [-0.39, 0.29) is 0 Å². The third kappa shape index (κ3) is 2.39. The number of hydrogen-bond donors (Lipinski definition) is 1. The lowest BCUT2D eigenvalue weighted by molar-refractivity contribution is -0.143. The zero-order valence-electron chi connectivity index (χ0n) is 10.1. The van der Waals surface area contributed by atoms with Gasteiger partial charge in [0.15, 0.2) is 0 Å². The molecule has 0 aliphatic heterocycles. The molecule has 2 fully saturated rings. The SMILES string of the molecule is CCC1CC(SC2CCCCC2)(C(=O)O)C1. The summed E-state index contributed by atoms with van der Waals surface area (Å²) in [5, 5.41) is 10.0. The van der Waals surface area contributed by atoms with Gasteiger partial charge in [0.05, 0.1) is 0 Å². The highest BCUT2D eigenvalue weighted by molar-refractivity contribution is 8.02. The Labute approximate surface area is 102 Å². The molecule has 0 bridgehead atoms. The summed E-state index contributed by atoms with van der Waals surface area (Å²) in [6.07, 6.45) is 9.34. The fourth-order valence-corrected chi connectivity index (χ4v) is 4.96. The van der Waals surface area contributed by atoms with Crippen LogP contribution < -0.4 is 0 Å². The largest absolute Gasteiger partial charge is 0.480 e. The summed E-state index contributed by atoms with van der Waals surface area (Å²) in [6, 6.07) is 0. The molecule has 0 aromatic heterocycles. The second-order valence-corrected chi connectivity index (χ2v) is 7.04. The number of carboxylic acids is 1. The van der Waals surface area contributed by atoms with Crippen molar-refractivity contribution in [1.82, 2.24) is 0 Å². The molecule has 2 nitrogen and oxygen atoms in total. The first-order chi connectivity index (χ1) is 7.66. The molecule has 16 heavy (non-hydrogen) atoms. The van der Waals surface area contributed by atoms with Gasteiger partial charge in [-0.1, -0.05) is 32.6 Å². The summed E-state index contributed by atoms with van der Waals surface area (Å²) < 4.78 is -0.414. The van der Waals surface area contributed by atoms with Crippen LogP contribution in [0.2, 0.25) is 0 Å². The molecule has 0 spiro atoms. The van der Waals surface area contributed by atoms with E-state index in [1.165, 1.54) is 32.1 Å². The van der Waals surface area contributed by atoms with Gasteiger partial charge in [0.2, 0.25) is 0 Å². The molecule has 0 radical (unpaired) electrons. The molecule has 0 saturated heterocycles. The molecule has 2 aliphatic carbocycles. The molecule has 2 rings (SSSR count). The number of carbonyl (C=O) groups is 1. The summed E-state index contributed by atoms with van der Waals surface area (Å²) in [4.78, 5) is 11.4. The molecule has 0 atom stereocenters. The van der Waals surface area contributed by atoms with Gasteiger partial charge in [0.25, 0.3) is 0 Å². The third-order valence-electron chi connectivity index (χ3n) is 4.15. The van der Waals surface area contributed by atoms with Crippen LogP contribution in [0.4, 0.5) is 0 Å². The molecule has 2 saturated carbocycles. The Hall–Kier alpha value is -0.180. The molecule has 0 aromatic rings. The van der Waals surface area contributed by atoms with Crippen LogP contribution in [-0.4, -0.2) is 21.1 Å². The van der Waals surface area contributed by atoms with Crippen molar-refractivity contribution < 1.29 is 9.90 Å². The maximum atomic E-state index is 11.4. The van der Waals surface area contributed by atoms with Crippen LogP contribution in [0.1, 0.15) is 58.3 Å². The van der Waals surface area contributed by atoms with Crippen molar-refractivity contribution in [2.45, 2.75) is 68.3 Å². The van der Waals surface area contributed by atoms with Gasteiger partial charge < -0.3 is 5.11 Å². The lowest BCUT2D eigenvalue weighted by Crippen LogP contribution is -2.48. The zero-order valence-corrected chi connectivity index (χ0v) is 10.9. The van der Waals surface area contributed by atoms with E-state index in [0.29, 0.717) is 11.2 Å². The lowest BCUT2D eigenvalue weighted by Gasteiger charge is -2.45. The molecule has 0 aromatic carbocycles. The van der Waals surface area contributed by atoms with Gasteiger partial charge in [-0.2, -0.15) is 0 Å². The van der Waals surface area contributed by atoms with Crippen LogP contribution in [0, 0.1) is 5.92 Å². The molecular formula is C13H22O2S. The summed E-state index contributed by atoms with van der Waals surface area (Å²) in [7, 11) is 0. The van der Waals surface area contributed by atoms with Crippen LogP contribution in [-0.2, 0) is 4.79 Å². The monoisotopic (exact) mass is 242 g/mol. The van der Waals surface area contributed by atoms with E-state index in [1.54, 1.807) is 11.8 Å². The van der Waals surface area contributed by atoms with Gasteiger partial charge in [-0.05, 0) is 31.6 Å². The first kappa shape index (κ1) is 12.3. The Morgan fingerprint density at radius 3 is 2.44 bits per heavy atom. The summed E-state index contributed by atoms with van der Waals surface area (Å²) in [5.74, 6) is 0.0972. The summed E-state index contributed by atoms with van der Waals surface area (Å²) in [6.45, 7) is 2.17. The average molecular weight is 242 g/mol. The molecule has 3 heteroatoms. The molecule has 0 unspecified atom stereocenters. The standard InChI is InChI=1S/C13H22O2S/c1-2-10-8-13(9-10,12(14)15)16-11-6-4-3-5-7-11/h10-11H,2-9H2,1H3,(H,14,15). The van der Waals surface area contributed by atoms with Crippen LogP contribution in [0.3, 0.4) is 0 Å². The fourth-order valence-electron chi connectivity index (χ4n) is 2.98. The number of carboxylic acid groups (broad SMARTS) is 1. The first-order valence-corrected chi connectivity index (χ1v) is 7.45. The quantitative estimate of drug-likeness (QED) is 0.817. The Balaban J connectivity index is 1.91. The predicted molar refractivity (Wildman–Crippen MR) is 67.8 cm³/mol. The second-order valence-electron chi connectivity index (χ2n) is 5.36. The van der Waals surface area contributed by atoms with Crippen molar-refractivity contribution in [3.05, 3.63) is 0 Å². The minimum atomic E-state index is -0.562. The van der Waals surface area contributed by atoms with Gasteiger partial charge in [-0.25, -0.2) is 0 Å².